The molecule has 3 rings (SSSR count). The van der Waals surface area contributed by atoms with Gasteiger partial charge in [-0.25, -0.2) is 9.59 Å². The summed E-state index contributed by atoms with van der Waals surface area (Å²) < 4.78 is 10.6. The van der Waals surface area contributed by atoms with Crippen molar-refractivity contribution < 1.29 is 23.9 Å². The summed E-state index contributed by atoms with van der Waals surface area (Å²) in [6.07, 6.45) is 4.28. The second kappa shape index (κ2) is 8.33. The second-order valence-electron chi connectivity index (χ2n) is 6.83. The van der Waals surface area contributed by atoms with Gasteiger partial charge >= 0.3 is 11.9 Å². The zero-order valence-electron chi connectivity index (χ0n) is 15.4. The highest BCUT2D eigenvalue weighted by atomic mass is 16.5. The van der Waals surface area contributed by atoms with Crippen LogP contribution in [-0.4, -0.2) is 41.7 Å². The quantitative estimate of drug-likeness (QED) is 0.468. The number of hydrogen-bond donors (Lipinski definition) is 1. The van der Waals surface area contributed by atoms with Crippen LogP contribution in [0.4, 0.5) is 0 Å². The SMILES string of the molecule is CCOC(=O)C1=NNC(C(=O)OC2CCCCC2)(C(=O)c2ccccc2)C1. The number of carbonyl (C=O) groups excluding carboxylic acids is 3. The molecule has 1 N–H and O–H groups in total. The summed E-state index contributed by atoms with van der Waals surface area (Å²) in [5.41, 5.74) is 1.24. The van der Waals surface area contributed by atoms with Gasteiger partial charge in [-0.3, -0.25) is 10.2 Å². The van der Waals surface area contributed by atoms with Crippen molar-refractivity contribution in [1.82, 2.24) is 5.43 Å². The van der Waals surface area contributed by atoms with Crippen molar-refractivity contribution in [3.8, 4) is 0 Å². The number of ether oxygens (including phenoxy) is 2. The molecule has 1 fully saturated rings. The Hall–Kier alpha value is -2.70. The van der Waals surface area contributed by atoms with Gasteiger partial charge in [0.05, 0.1) is 6.61 Å². The number of rotatable bonds is 6. The number of hydrogen-bond acceptors (Lipinski definition) is 7. The molecule has 7 heteroatoms. The van der Waals surface area contributed by atoms with E-state index in [-0.39, 0.29) is 24.8 Å². The minimum absolute atomic E-state index is 0.0155. The fraction of sp³-hybridized carbons (Fsp3) is 0.500. The first-order valence-corrected chi connectivity index (χ1v) is 9.38. The summed E-state index contributed by atoms with van der Waals surface area (Å²) in [5.74, 6) is -1.79. The minimum atomic E-state index is -1.74. The summed E-state index contributed by atoms with van der Waals surface area (Å²) in [7, 11) is 0. The fourth-order valence-corrected chi connectivity index (χ4v) is 3.44. The number of carbonyl (C=O) groups is 3. The number of hydrazone groups is 1. The zero-order valence-corrected chi connectivity index (χ0v) is 15.4. The molecule has 0 bridgehead atoms. The fourth-order valence-electron chi connectivity index (χ4n) is 3.44. The Kier molecular flexibility index (Phi) is 5.88. The molecule has 1 aliphatic heterocycles. The number of nitrogens with one attached hydrogen (secondary N) is 1. The van der Waals surface area contributed by atoms with Crippen molar-refractivity contribution in [2.24, 2.45) is 5.10 Å². The molecule has 1 atom stereocenters. The Balaban J connectivity index is 1.84. The first-order valence-electron chi connectivity index (χ1n) is 9.38. The van der Waals surface area contributed by atoms with Crippen molar-refractivity contribution >= 4 is 23.4 Å². The smallest absolute Gasteiger partial charge is 0.354 e. The summed E-state index contributed by atoms with van der Waals surface area (Å²) in [6, 6.07) is 8.47. The van der Waals surface area contributed by atoms with Gasteiger partial charge < -0.3 is 9.47 Å². The molecule has 144 valence electrons. The first kappa shape index (κ1) is 19.1. The Morgan fingerprint density at radius 1 is 1.15 bits per heavy atom. The van der Waals surface area contributed by atoms with Crippen molar-refractivity contribution in [2.45, 2.75) is 57.1 Å². The second-order valence-corrected chi connectivity index (χ2v) is 6.83. The predicted molar refractivity (Wildman–Crippen MR) is 98.3 cm³/mol. The largest absolute Gasteiger partial charge is 0.461 e. The summed E-state index contributed by atoms with van der Waals surface area (Å²) in [6.45, 7) is 1.87. The van der Waals surface area contributed by atoms with Crippen LogP contribution >= 0.6 is 0 Å². The van der Waals surface area contributed by atoms with Crippen LogP contribution in [-0.2, 0) is 19.1 Å². The van der Waals surface area contributed by atoms with Crippen molar-refractivity contribution in [2.75, 3.05) is 6.61 Å². The Labute approximate surface area is 158 Å². The van der Waals surface area contributed by atoms with Gasteiger partial charge in [-0.2, -0.15) is 5.10 Å². The predicted octanol–water partition coefficient (Wildman–Crippen LogP) is 2.40. The van der Waals surface area contributed by atoms with Crippen molar-refractivity contribution in [3.63, 3.8) is 0 Å². The molecule has 2 aliphatic rings. The lowest BCUT2D eigenvalue weighted by atomic mass is 9.85. The molecule has 1 saturated carbocycles. The van der Waals surface area contributed by atoms with Crippen LogP contribution in [0, 0.1) is 0 Å². The molecule has 1 unspecified atom stereocenters. The van der Waals surface area contributed by atoms with Crippen molar-refractivity contribution in [1.29, 1.82) is 0 Å². The van der Waals surface area contributed by atoms with Gasteiger partial charge in [0.2, 0.25) is 11.3 Å². The Morgan fingerprint density at radius 3 is 2.52 bits per heavy atom. The lowest BCUT2D eigenvalue weighted by molar-refractivity contribution is -0.155. The Morgan fingerprint density at radius 2 is 1.85 bits per heavy atom. The maximum absolute atomic E-state index is 13.2. The maximum atomic E-state index is 13.2. The maximum Gasteiger partial charge on any atom is 0.354 e. The third-order valence-corrected chi connectivity index (χ3v) is 4.92. The third-order valence-electron chi connectivity index (χ3n) is 4.92. The van der Waals surface area contributed by atoms with Crippen LogP contribution in [0.3, 0.4) is 0 Å². The average molecular weight is 372 g/mol. The molecule has 0 aromatic heterocycles. The normalized spacial score (nSPS) is 22.5. The molecular formula is C20H24N2O5. The molecule has 0 saturated heterocycles. The standard InChI is InChI=1S/C20H24N2O5/c1-2-26-18(24)16-13-20(22-21-16,17(23)14-9-5-3-6-10-14)19(25)27-15-11-7-4-8-12-15/h3,5-6,9-10,15,22H,2,4,7-8,11-13H2,1H3. The van der Waals surface area contributed by atoms with E-state index in [0.29, 0.717) is 5.56 Å². The van der Waals surface area contributed by atoms with E-state index in [0.717, 1.165) is 32.1 Å². The van der Waals surface area contributed by atoms with Gasteiger partial charge in [0.1, 0.15) is 11.8 Å². The average Bonchev–Trinajstić information content (AvgIpc) is 3.16. The van der Waals surface area contributed by atoms with E-state index in [2.05, 4.69) is 10.5 Å². The third kappa shape index (κ3) is 4.02. The van der Waals surface area contributed by atoms with E-state index in [1.54, 1.807) is 37.3 Å². The van der Waals surface area contributed by atoms with E-state index in [1.807, 2.05) is 0 Å². The summed E-state index contributed by atoms with van der Waals surface area (Å²) >= 11 is 0. The molecule has 27 heavy (non-hydrogen) atoms. The lowest BCUT2D eigenvalue weighted by Crippen LogP contribution is -2.56. The monoisotopic (exact) mass is 372 g/mol. The number of esters is 2. The van der Waals surface area contributed by atoms with Crippen molar-refractivity contribution in [3.05, 3.63) is 35.9 Å². The van der Waals surface area contributed by atoms with E-state index in [9.17, 15) is 14.4 Å². The first-order chi connectivity index (χ1) is 13.1. The van der Waals surface area contributed by atoms with Crippen LogP contribution in [0.5, 0.6) is 0 Å². The number of benzene rings is 1. The van der Waals surface area contributed by atoms with E-state index < -0.39 is 23.3 Å². The van der Waals surface area contributed by atoms with Gasteiger partial charge in [-0.15, -0.1) is 0 Å². The molecule has 1 aromatic carbocycles. The van der Waals surface area contributed by atoms with E-state index >= 15 is 0 Å². The van der Waals surface area contributed by atoms with Gasteiger partial charge in [-0.05, 0) is 32.6 Å². The highest BCUT2D eigenvalue weighted by Gasteiger charge is 2.53. The molecule has 0 spiro atoms. The molecule has 1 aliphatic carbocycles. The van der Waals surface area contributed by atoms with E-state index in [1.165, 1.54) is 0 Å². The summed E-state index contributed by atoms with van der Waals surface area (Å²) in [5, 5.41) is 3.94. The molecule has 7 nitrogen and oxygen atoms in total. The Bertz CT molecular complexity index is 740. The van der Waals surface area contributed by atoms with Crippen LogP contribution in [0.2, 0.25) is 0 Å². The molecule has 1 heterocycles. The summed E-state index contributed by atoms with van der Waals surface area (Å²) in [4.78, 5) is 38.3. The molecular weight excluding hydrogens is 348 g/mol. The van der Waals surface area contributed by atoms with E-state index in [4.69, 9.17) is 9.47 Å². The van der Waals surface area contributed by atoms with Crippen LogP contribution < -0.4 is 5.43 Å². The lowest BCUT2D eigenvalue weighted by Gasteiger charge is -2.29. The highest BCUT2D eigenvalue weighted by molar-refractivity contribution is 6.39. The molecule has 1 aromatic rings. The van der Waals surface area contributed by atoms with Crippen LogP contribution in [0.1, 0.15) is 55.8 Å². The number of ketones is 1. The zero-order chi connectivity index (χ0) is 19.3. The van der Waals surface area contributed by atoms with Crippen LogP contribution in [0.15, 0.2) is 35.4 Å². The number of Topliss-reactive ketones (excluding diaryl/α,β-unsaturated/α-hetero) is 1. The highest BCUT2D eigenvalue weighted by Crippen LogP contribution is 2.28. The molecule has 0 radical (unpaired) electrons. The van der Waals surface area contributed by atoms with Crippen LogP contribution in [0.25, 0.3) is 0 Å². The molecule has 0 amide bonds. The van der Waals surface area contributed by atoms with Gasteiger partial charge in [0.25, 0.3) is 0 Å². The number of nitrogens with zero attached hydrogens (tertiary/aromatic N) is 1. The van der Waals surface area contributed by atoms with Gasteiger partial charge in [-0.1, -0.05) is 36.8 Å². The van der Waals surface area contributed by atoms with Gasteiger partial charge in [0, 0.05) is 12.0 Å². The topological polar surface area (TPSA) is 94.1 Å². The minimum Gasteiger partial charge on any atom is -0.461 e. The van der Waals surface area contributed by atoms with Gasteiger partial charge in [0.15, 0.2) is 0 Å².